The van der Waals surface area contributed by atoms with E-state index in [1.807, 2.05) is 0 Å². The van der Waals surface area contributed by atoms with E-state index < -0.39 is 46.1 Å². The van der Waals surface area contributed by atoms with Crippen LogP contribution in [0.1, 0.15) is 38.2 Å². The van der Waals surface area contributed by atoms with E-state index in [1.165, 1.54) is 19.9 Å². The molecule has 0 bridgehead atoms. The molecule has 1 aliphatic rings. The Morgan fingerprint density at radius 1 is 1.42 bits per heavy atom. The van der Waals surface area contributed by atoms with Crippen molar-refractivity contribution in [3.05, 3.63) is 34.8 Å². The van der Waals surface area contributed by atoms with Gasteiger partial charge in [0.1, 0.15) is 5.03 Å². The highest BCUT2D eigenvalue weighted by Crippen LogP contribution is 2.72. The van der Waals surface area contributed by atoms with Crippen molar-refractivity contribution >= 4 is 17.6 Å². The Balaban J connectivity index is 2.26. The van der Waals surface area contributed by atoms with Gasteiger partial charge in [-0.25, -0.2) is 8.78 Å². The van der Waals surface area contributed by atoms with E-state index >= 15 is 0 Å². The molecular weight excluding hydrogens is 383 g/mol. The second-order valence-corrected chi connectivity index (χ2v) is 6.88. The van der Waals surface area contributed by atoms with Crippen molar-refractivity contribution in [2.45, 2.75) is 32.9 Å². The molecule has 0 saturated heterocycles. The first-order chi connectivity index (χ1) is 11.8. The first-order valence-corrected chi connectivity index (χ1v) is 7.76. The van der Waals surface area contributed by atoms with E-state index in [4.69, 9.17) is 16.0 Å². The number of rotatable bonds is 4. The molecule has 2 atom stereocenters. The van der Waals surface area contributed by atoms with Crippen LogP contribution in [0, 0.1) is 28.6 Å². The molecule has 1 fully saturated rings. The highest BCUT2D eigenvalue weighted by atomic mass is 35.5. The lowest BCUT2D eigenvalue weighted by Crippen LogP contribution is -2.21. The third-order valence-corrected chi connectivity index (χ3v) is 5.10. The zero-order chi connectivity index (χ0) is 19.9. The first-order valence-electron chi connectivity index (χ1n) is 7.38. The molecule has 3 nitrogen and oxygen atoms in total. The van der Waals surface area contributed by atoms with Crippen LogP contribution in [0.5, 0.6) is 0 Å². The number of hydrogen-bond acceptors (Lipinski definition) is 2. The molecule has 26 heavy (non-hydrogen) atoms. The van der Waals surface area contributed by atoms with Crippen LogP contribution < -0.4 is 0 Å². The summed E-state index contributed by atoms with van der Waals surface area (Å²) >= 11 is 5.23. The number of alkyl halides is 5. The molecular formula is C17H14ClF5O3. The molecule has 0 unspecified atom stereocenters. The fraction of sp³-hybridized carbons (Fsp3) is 0.471. The minimum atomic E-state index is -4.77. The molecule has 0 aromatic carbocycles. The van der Waals surface area contributed by atoms with E-state index in [-0.39, 0.29) is 12.2 Å². The third kappa shape index (κ3) is 3.45. The van der Waals surface area contributed by atoms with Gasteiger partial charge in [0.05, 0.1) is 5.41 Å². The van der Waals surface area contributed by atoms with Crippen LogP contribution in [-0.2, 0) is 4.79 Å². The van der Waals surface area contributed by atoms with E-state index in [0.29, 0.717) is 6.08 Å². The van der Waals surface area contributed by atoms with Gasteiger partial charge in [0.15, 0.2) is 11.5 Å². The van der Waals surface area contributed by atoms with Crippen LogP contribution in [0.4, 0.5) is 22.0 Å². The van der Waals surface area contributed by atoms with Crippen LogP contribution in [0.15, 0.2) is 27.7 Å². The lowest BCUT2D eigenvalue weighted by atomic mass is 9.92. The molecule has 0 amide bonds. The topological polar surface area (TPSA) is 50.4 Å². The number of furan rings is 1. The van der Waals surface area contributed by atoms with Crippen LogP contribution in [0.2, 0.25) is 0 Å². The highest BCUT2D eigenvalue weighted by Gasteiger charge is 2.74. The Kier molecular flexibility index (Phi) is 5.17. The van der Waals surface area contributed by atoms with Crippen LogP contribution in [0.3, 0.4) is 0 Å². The van der Waals surface area contributed by atoms with Crippen LogP contribution in [-0.4, -0.2) is 17.3 Å². The van der Waals surface area contributed by atoms with Gasteiger partial charge in [-0.2, -0.15) is 13.2 Å². The van der Waals surface area contributed by atoms with Gasteiger partial charge >= 0.3 is 12.1 Å². The molecule has 142 valence electrons. The molecule has 1 saturated carbocycles. The van der Waals surface area contributed by atoms with Gasteiger partial charge in [-0.3, -0.25) is 4.79 Å². The van der Waals surface area contributed by atoms with Gasteiger partial charge in [-0.05, 0) is 23.5 Å². The average molecular weight is 397 g/mol. The lowest BCUT2D eigenvalue weighted by molar-refractivity contribution is -0.144. The Morgan fingerprint density at radius 2 is 2.04 bits per heavy atom. The third-order valence-electron chi connectivity index (χ3n) is 4.76. The van der Waals surface area contributed by atoms with Crippen molar-refractivity contribution < 1.29 is 36.3 Å². The number of carbonyl (C=O) groups is 1. The smallest absolute Gasteiger partial charge is 0.426 e. The number of halogens is 6. The Labute approximate surface area is 150 Å². The maximum atomic E-state index is 12.6. The van der Waals surface area contributed by atoms with Crippen LogP contribution in [0.25, 0.3) is 0 Å². The van der Waals surface area contributed by atoms with Crippen molar-refractivity contribution in [3.8, 4) is 11.8 Å². The Bertz CT molecular complexity index is 797. The van der Waals surface area contributed by atoms with E-state index in [1.54, 1.807) is 0 Å². The molecule has 2 rings (SSSR count). The Morgan fingerprint density at radius 3 is 2.50 bits per heavy atom. The minimum Gasteiger partial charge on any atom is -0.481 e. The number of allylic oxidation sites excluding steroid dienone is 2. The summed E-state index contributed by atoms with van der Waals surface area (Å²) in [7, 11) is 0. The molecule has 0 aliphatic heterocycles. The predicted octanol–water partition coefficient (Wildman–Crippen LogP) is 5.37. The summed E-state index contributed by atoms with van der Waals surface area (Å²) in [6.07, 6.45) is -7.17. The molecule has 1 heterocycles. The molecule has 1 aromatic rings. The van der Waals surface area contributed by atoms with E-state index in [0.717, 1.165) is 6.07 Å². The molecule has 0 spiro atoms. The predicted molar refractivity (Wildman–Crippen MR) is 82.5 cm³/mol. The van der Waals surface area contributed by atoms with Crippen molar-refractivity contribution in [1.82, 2.24) is 0 Å². The summed E-state index contributed by atoms with van der Waals surface area (Å²) in [5.41, 5.74) is -2.58. The fourth-order valence-electron chi connectivity index (χ4n) is 3.12. The standard InChI is InChI=1S/C17H14ClF5O3/c1-15(2)11(8-12(18)17(21,22)23)16(15,14(24)25)7-3-4-9-5-6-10(26-9)13(19)20/h5-6,8,11,13H,7H2,1-2H3,(H,24,25)/t11-,16+/m1/s1. The summed E-state index contributed by atoms with van der Waals surface area (Å²) in [5, 5.41) is 8.17. The molecule has 1 N–H and O–H groups in total. The molecule has 9 heteroatoms. The summed E-state index contributed by atoms with van der Waals surface area (Å²) in [4.78, 5) is 11.7. The number of aliphatic carboxylic acids is 1. The summed E-state index contributed by atoms with van der Waals surface area (Å²) < 4.78 is 67.6. The van der Waals surface area contributed by atoms with Crippen LogP contribution >= 0.6 is 11.6 Å². The largest absolute Gasteiger partial charge is 0.481 e. The summed E-state index contributed by atoms with van der Waals surface area (Å²) in [5.74, 6) is 1.99. The number of carboxylic acids is 1. The minimum absolute atomic E-state index is 0.0836. The number of hydrogen-bond donors (Lipinski definition) is 1. The van der Waals surface area contributed by atoms with E-state index in [9.17, 15) is 31.9 Å². The van der Waals surface area contributed by atoms with Crippen molar-refractivity contribution in [2.24, 2.45) is 16.7 Å². The van der Waals surface area contributed by atoms with Gasteiger partial charge < -0.3 is 9.52 Å². The zero-order valence-electron chi connectivity index (χ0n) is 13.6. The summed E-state index contributed by atoms with van der Waals surface area (Å²) in [6, 6.07) is 2.25. The highest BCUT2D eigenvalue weighted by molar-refractivity contribution is 6.30. The SMILES string of the molecule is CC1(C)[C@@H](C=C(Cl)C(F)(F)F)[C@@]1(CC#Cc1ccc(C(F)F)o1)C(=O)O. The quantitative estimate of drug-likeness (QED) is 0.550. The van der Waals surface area contributed by atoms with Crippen molar-refractivity contribution in [2.75, 3.05) is 0 Å². The number of carboxylic acid groups (broad SMARTS) is 1. The van der Waals surface area contributed by atoms with Gasteiger partial charge in [-0.15, -0.1) is 0 Å². The Hall–Kier alpha value is -2.01. The van der Waals surface area contributed by atoms with Crippen molar-refractivity contribution in [3.63, 3.8) is 0 Å². The normalized spacial score (nSPS) is 25.0. The monoisotopic (exact) mass is 396 g/mol. The lowest BCUT2D eigenvalue weighted by Gasteiger charge is -2.11. The first kappa shape index (κ1) is 20.3. The zero-order valence-corrected chi connectivity index (χ0v) is 14.4. The second kappa shape index (κ2) is 6.62. The van der Waals surface area contributed by atoms with Gasteiger partial charge in [-0.1, -0.05) is 37.4 Å². The molecule has 1 aliphatic carbocycles. The maximum absolute atomic E-state index is 12.6. The second-order valence-electron chi connectivity index (χ2n) is 6.47. The average Bonchev–Trinajstić information content (AvgIpc) is 2.85. The summed E-state index contributed by atoms with van der Waals surface area (Å²) in [6.45, 7) is 3.01. The fourth-order valence-corrected chi connectivity index (χ4v) is 3.24. The maximum Gasteiger partial charge on any atom is 0.426 e. The van der Waals surface area contributed by atoms with Gasteiger partial charge in [0.2, 0.25) is 0 Å². The molecule has 1 aromatic heterocycles. The van der Waals surface area contributed by atoms with E-state index in [2.05, 4.69) is 11.8 Å². The van der Waals surface area contributed by atoms with Gasteiger partial charge in [0.25, 0.3) is 6.43 Å². The van der Waals surface area contributed by atoms with Crippen molar-refractivity contribution in [1.29, 1.82) is 0 Å². The van der Waals surface area contributed by atoms with Gasteiger partial charge in [0, 0.05) is 12.3 Å². The molecule has 0 radical (unpaired) electrons.